The molecule has 0 nitrogen and oxygen atoms in total. The third kappa shape index (κ3) is 1.05. The van der Waals surface area contributed by atoms with E-state index in [1.807, 2.05) is 0 Å². The van der Waals surface area contributed by atoms with Gasteiger partial charge in [0.05, 0.1) is 0 Å². The lowest BCUT2D eigenvalue weighted by molar-refractivity contribution is 0.438. The molecule has 1 saturated carbocycles. The van der Waals surface area contributed by atoms with Gasteiger partial charge < -0.3 is 0 Å². The van der Waals surface area contributed by atoms with E-state index in [4.69, 9.17) is 0 Å². The van der Waals surface area contributed by atoms with E-state index in [2.05, 4.69) is 28.1 Å². The highest BCUT2D eigenvalue weighted by atomic mass is 79.9. The largest absolute Gasteiger partial charge is 0.0928 e. The number of alkyl halides is 1. The maximum atomic E-state index is 3.51. The van der Waals surface area contributed by atoms with Crippen molar-refractivity contribution < 1.29 is 0 Å². The Hall–Kier alpha value is 0.220. The summed E-state index contributed by atoms with van der Waals surface area (Å²) in [5, 5.41) is 1.19. The molecule has 56 valence electrons. The van der Waals surface area contributed by atoms with Crippen LogP contribution in [0.25, 0.3) is 0 Å². The Labute approximate surface area is 70.8 Å². The predicted octanol–water partition coefficient (Wildman–Crippen LogP) is 2.98. The molecule has 0 saturated heterocycles. The van der Waals surface area contributed by atoms with Gasteiger partial charge in [-0.25, -0.2) is 0 Å². The Balaban J connectivity index is 1.96. The Morgan fingerprint density at radius 2 is 2.20 bits per heavy atom. The average Bonchev–Trinajstić information content (AvgIpc) is 2.48. The van der Waals surface area contributed by atoms with Crippen LogP contribution in [0.5, 0.6) is 0 Å². The summed E-state index contributed by atoms with van der Waals surface area (Å²) in [6.07, 6.45) is 9.15. The van der Waals surface area contributed by atoms with Gasteiger partial charge in [-0.05, 0) is 37.0 Å². The molecule has 1 fully saturated rings. The fraction of sp³-hybridized carbons (Fsp3) is 0.778. The fourth-order valence-corrected chi connectivity index (χ4v) is 2.95. The minimum Gasteiger partial charge on any atom is -0.0928 e. The van der Waals surface area contributed by atoms with Crippen LogP contribution in [0.3, 0.4) is 0 Å². The van der Waals surface area contributed by atoms with Crippen LogP contribution in [-0.4, -0.2) is 5.33 Å². The monoisotopic (exact) mass is 200 g/mol. The van der Waals surface area contributed by atoms with E-state index in [1.54, 1.807) is 0 Å². The zero-order valence-electron chi connectivity index (χ0n) is 6.09. The normalized spacial score (nSPS) is 43.1. The molecule has 3 atom stereocenters. The van der Waals surface area contributed by atoms with E-state index < -0.39 is 0 Å². The van der Waals surface area contributed by atoms with Crippen molar-refractivity contribution in [3.8, 4) is 0 Å². The second-order valence-electron chi connectivity index (χ2n) is 3.52. The Morgan fingerprint density at radius 3 is 2.70 bits per heavy atom. The van der Waals surface area contributed by atoms with E-state index in [0.29, 0.717) is 0 Å². The highest BCUT2D eigenvalue weighted by molar-refractivity contribution is 9.09. The third-order valence-corrected chi connectivity index (χ3v) is 3.35. The van der Waals surface area contributed by atoms with Gasteiger partial charge in [0.25, 0.3) is 0 Å². The molecule has 10 heavy (non-hydrogen) atoms. The summed E-state index contributed by atoms with van der Waals surface area (Å²) >= 11 is 3.51. The zero-order valence-corrected chi connectivity index (χ0v) is 7.68. The third-order valence-electron chi connectivity index (χ3n) is 2.90. The summed E-state index contributed by atoms with van der Waals surface area (Å²) in [6.45, 7) is 0. The van der Waals surface area contributed by atoms with Gasteiger partial charge in [-0.3, -0.25) is 0 Å². The fourth-order valence-electron chi connectivity index (χ4n) is 2.37. The molecule has 0 radical (unpaired) electrons. The van der Waals surface area contributed by atoms with Gasteiger partial charge >= 0.3 is 0 Å². The maximum Gasteiger partial charge on any atom is 0.00341 e. The molecule has 0 heterocycles. The number of allylic oxidation sites excluding steroid dienone is 2. The van der Waals surface area contributed by atoms with Crippen LogP contribution in [0.15, 0.2) is 12.2 Å². The second-order valence-corrected chi connectivity index (χ2v) is 4.31. The predicted molar refractivity (Wildman–Crippen MR) is 47.3 cm³/mol. The van der Waals surface area contributed by atoms with Crippen molar-refractivity contribution in [1.29, 1.82) is 0 Å². The first-order chi connectivity index (χ1) is 4.90. The van der Waals surface area contributed by atoms with Crippen molar-refractivity contribution in [2.75, 3.05) is 5.33 Å². The quantitative estimate of drug-likeness (QED) is 0.476. The summed E-state index contributed by atoms with van der Waals surface area (Å²) in [5.41, 5.74) is 0. The lowest BCUT2D eigenvalue weighted by atomic mass is 9.91. The molecule has 1 heteroatoms. The lowest BCUT2D eigenvalue weighted by Crippen LogP contribution is -2.06. The molecule has 0 aromatic rings. The summed E-state index contributed by atoms with van der Waals surface area (Å²) in [5.74, 6) is 2.91. The number of fused-ring (bicyclic) bond motifs is 2. The van der Waals surface area contributed by atoms with Crippen LogP contribution < -0.4 is 0 Å². The molecule has 0 unspecified atom stereocenters. The van der Waals surface area contributed by atoms with Crippen molar-refractivity contribution in [3.05, 3.63) is 12.2 Å². The molecule has 2 aliphatic carbocycles. The first-order valence-electron chi connectivity index (χ1n) is 4.14. The van der Waals surface area contributed by atoms with Crippen LogP contribution in [0.1, 0.15) is 19.3 Å². The number of halogens is 1. The van der Waals surface area contributed by atoms with Crippen molar-refractivity contribution in [2.45, 2.75) is 19.3 Å². The minimum atomic E-state index is 0.947. The van der Waals surface area contributed by atoms with Gasteiger partial charge in [-0.2, -0.15) is 0 Å². The topological polar surface area (TPSA) is 0 Å². The highest BCUT2D eigenvalue weighted by Gasteiger charge is 2.34. The Morgan fingerprint density at radius 1 is 1.30 bits per heavy atom. The van der Waals surface area contributed by atoms with Crippen LogP contribution in [0.4, 0.5) is 0 Å². The van der Waals surface area contributed by atoms with Gasteiger partial charge in [0.1, 0.15) is 0 Å². The van der Waals surface area contributed by atoms with Crippen LogP contribution >= 0.6 is 15.9 Å². The average molecular weight is 201 g/mol. The molecule has 2 rings (SSSR count). The molecule has 0 amide bonds. The van der Waals surface area contributed by atoms with E-state index in [0.717, 1.165) is 17.8 Å². The molecule has 2 bridgehead atoms. The molecule has 0 aromatic carbocycles. The van der Waals surface area contributed by atoms with Gasteiger partial charge in [0.2, 0.25) is 0 Å². The number of hydrogen-bond acceptors (Lipinski definition) is 0. The van der Waals surface area contributed by atoms with Crippen molar-refractivity contribution in [1.82, 2.24) is 0 Å². The number of rotatable bonds is 2. The Kier molecular flexibility index (Phi) is 1.86. The first kappa shape index (κ1) is 6.90. The first-order valence-corrected chi connectivity index (χ1v) is 5.26. The zero-order chi connectivity index (χ0) is 6.97. The maximum absolute atomic E-state index is 3.51. The number of hydrogen-bond donors (Lipinski definition) is 0. The van der Waals surface area contributed by atoms with Crippen molar-refractivity contribution in [2.24, 2.45) is 17.8 Å². The van der Waals surface area contributed by atoms with Crippen LogP contribution in [0.2, 0.25) is 0 Å². The van der Waals surface area contributed by atoms with Gasteiger partial charge in [0.15, 0.2) is 0 Å². The van der Waals surface area contributed by atoms with E-state index in [1.165, 1.54) is 24.6 Å². The Bertz CT molecular complexity index is 151. The summed E-state index contributed by atoms with van der Waals surface area (Å²) in [7, 11) is 0. The van der Waals surface area contributed by atoms with E-state index >= 15 is 0 Å². The molecule has 0 N–H and O–H groups in total. The van der Waals surface area contributed by atoms with Crippen LogP contribution in [-0.2, 0) is 0 Å². The summed E-state index contributed by atoms with van der Waals surface area (Å²) < 4.78 is 0. The van der Waals surface area contributed by atoms with Gasteiger partial charge in [0, 0.05) is 5.33 Å². The second kappa shape index (κ2) is 2.69. The SMILES string of the molecule is BrCC[C@@H]1C[C@@H]2C=C[C@@H]1C2. The lowest BCUT2D eigenvalue weighted by Gasteiger charge is -2.15. The molecular formula is C9H13Br. The molecule has 0 aromatic heterocycles. The molecule has 2 aliphatic rings. The van der Waals surface area contributed by atoms with E-state index in [-0.39, 0.29) is 0 Å². The minimum absolute atomic E-state index is 0.947. The van der Waals surface area contributed by atoms with Crippen molar-refractivity contribution >= 4 is 15.9 Å². The molecular weight excluding hydrogens is 188 g/mol. The van der Waals surface area contributed by atoms with Gasteiger partial charge in [-0.1, -0.05) is 28.1 Å². The van der Waals surface area contributed by atoms with Crippen molar-refractivity contribution in [3.63, 3.8) is 0 Å². The summed E-state index contributed by atoms with van der Waals surface area (Å²) in [4.78, 5) is 0. The smallest absolute Gasteiger partial charge is 0.00341 e. The van der Waals surface area contributed by atoms with Crippen LogP contribution in [0, 0.1) is 17.8 Å². The molecule has 0 aliphatic heterocycles. The standard InChI is InChI=1S/C9H13Br/c10-4-3-9-6-7-1-2-8(9)5-7/h1-2,7-9H,3-6H2/t7-,8-,9-/m1/s1. The summed E-state index contributed by atoms with van der Waals surface area (Å²) in [6, 6.07) is 0. The van der Waals surface area contributed by atoms with E-state index in [9.17, 15) is 0 Å². The molecule has 0 spiro atoms. The van der Waals surface area contributed by atoms with Gasteiger partial charge in [-0.15, -0.1) is 0 Å². The highest BCUT2D eigenvalue weighted by Crippen LogP contribution is 2.44.